The Morgan fingerprint density at radius 1 is 0.685 bits per heavy atom. The molecule has 0 spiro atoms. The standard InChI is InChI=1S/C42H30N10O2/c1-4-40-38(54-41(5-2,52(40)6-3)30-16-9-14-28-13-7-8-15-29(28)30)35(31-19-23-48-51-50-31)36(39-45-20-12-21-46-39)37(32-17-10-22-47-49-32)42(40,34-18-11-26-53-34)33-27-43-24-25-44-33/h4-27H,1-3H2. The van der Waals surface area contributed by atoms with Crippen molar-refractivity contribution in [1.82, 2.24) is 50.4 Å². The van der Waals surface area contributed by atoms with Gasteiger partial charge >= 0.3 is 0 Å². The molecule has 12 nitrogen and oxygen atoms in total. The molecule has 6 heterocycles. The van der Waals surface area contributed by atoms with Gasteiger partial charge in [0.25, 0.3) is 0 Å². The van der Waals surface area contributed by atoms with Crippen molar-refractivity contribution in [3.8, 4) is 0 Å². The second kappa shape index (κ2) is 12.6. The van der Waals surface area contributed by atoms with E-state index in [1.807, 2.05) is 59.5 Å². The Kier molecular flexibility index (Phi) is 7.59. The minimum Gasteiger partial charge on any atom is -0.468 e. The quantitative estimate of drug-likeness (QED) is 0.147. The molecule has 1 aliphatic carbocycles. The molecule has 54 heavy (non-hydrogen) atoms. The van der Waals surface area contributed by atoms with E-state index in [0.29, 0.717) is 51.1 Å². The molecule has 3 atom stereocenters. The fraction of sp³-hybridized carbons (Fsp3) is 0.0714. The number of fused-ring (bicyclic) bond motifs is 2. The summed E-state index contributed by atoms with van der Waals surface area (Å²) in [6, 6.07) is 25.1. The van der Waals surface area contributed by atoms with Crippen LogP contribution >= 0.6 is 0 Å². The summed E-state index contributed by atoms with van der Waals surface area (Å²) in [6.07, 6.45) is 18.4. The van der Waals surface area contributed by atoms with Crippen LogP contribution in [0.25, 0.3) is 27.5 Å². The number of aromatic nitrogens is 9. The topological polar surface area (TPSA) is 142 Å². The van der Waals surface area contributed by atoms with E-state index in [1.165, 1.54) is 0 Å². The molecule has 1 fully saturated rings. The maximum atomic E-state index is 7.61. The van der Waals surface area contributed by atoms with E-state index in [4.69, 9.17) is 29.2 Å². The molecular formula is C42H30N10O2. The van der Waals surface area contributed by atoms with Crippen LogP contribution in [0.5, 0.6) is 0 Å². The normalized spacial score (nSPS) is 22.1. The fourth-order valence-electron chi connectivity index (χ4n) is 8.23. The fourth-order valence-corrected chi connectivity index (χ4v) is 8.23. The third-order valence-electron chi connectivity index (χ3n) is 10.2. The third kappa shape index (κ3) is 4.27. The first-order valence-corrected chi connectivity index (χ1v) is 17.0. The molecule has 0 bridgehead atoms. The van der Waals surface area contributed by atoms with Gasteiger partial charge < -0.3 is 14.1 Å². The summed E-state index contributed by atoms with van der Waals surface area (Å²) in [7, 11) is 0. The predicted octanol–water partition coefficient (Wildman–Crippen LogP) is 6.75. The molecule has 0 N–H and O–H groups in total. The van der Waals surface area contributed by atoms with Gasteiger partial charge in [-0.1, -0.05) is 61.7 Å². The summed E-state index contributed by atoms with van der Waals surface area (Å²) in [4.78, 5) is 21.4. The zero-order valence-corrected chi connectivity index (χ0v) is 28.8. The highest BCUT2D eigenvalue weighted by molar-refractivity contribution is 6.19. The molecule has 0 radical (unpaired) electrons. The summed E-state index contributed by atoms with van der Waals surface area (Å²) in [5, 5.41) is 23.8. The van der Waals surface area contributed by atoms with Crippen molar-refractivity contribution in [2.24, 2.45) is 0 Å². The molecule has 1 aliphatic heterocycles. The van der Waals surface area contributed by atoms with Crippen LogP contribution in [-0.4, -0.2) is 56.0 Å². The van der Waals surface area contributed by atoms with E-state index in [2.05, 4.69) is 63.4 Å². The lowest BCUT2D eigenvalue weighted by atomic mass is 9.54. The Labute approximate surface area is 309 Å². The second-order valence-corrected chi connectivity index (χ2v) is 12.5. The van der Waals surface area contributed by atoms with Gasteiger partial charge in [0, 0.05) is 53.9 Å². The average Bonchev–Trinajstić information content (AvgIpc) is 3.90. The molecule has 12 heteroatoms. The maximum absolute atomic E-state index is 7.61. The second-order valence-electron chi connectivity index (χ2n) is 12.5. The number of allylic oxidation sites excluding steroid dienone is 2. The first-order chi connectivity index (χ1) is 26.7. The average molecular weight is 707 g/mol. The first-order valence-electron chi connectivity index (χ1n) is 17.0. The highest BCUT2D eigenvalue weighted by Gasteiger charge is 2.74. The number of furan rings is 1. The number of rotatable bonds is 9. The minimum absolute atomic E-state index is 0.340. The van der Waals surface area contributed by atoms with Crippen LogP contribution in [0.1, 0.15) is 34.2 Å². The van der Waals surface area contributed by atoms with E-state index in [-0.39, 0.29) is 0 Å². The van der Waals surface area contributed by atoms with Crippen molar-refractivity contribution in [1.29, 1.82) is 0 Å². The van der Waals surface area contributed by atoms with E-state index >= 15 is 0 Å². The lowest BCUT2D eigenvalue weighted by Crippen LogP contribution is -2.63. The van der Waals surface area contributed by atoms with Gasteiger partial charge in [0.15, 0.2) is 5.82 Å². The van der Waals surface area contributed by atoms with Crippen LogP contribution in [0, 0.1) is 0 Å². The van der Waals surface area contributed by atoms with E-state index in [0.717, 1.165) is 16.3 Å². The summed E-state index contributed by atoms with van der Waals surface area (Å²) >= 11 is 0. The third-order valence-corrected chi connectivity index (χ3v) is 10.2. The lowest BCUT2D eigenvalue weighted by Gasteiger charge is -2.53. The molecule has 0 saturated carbocycles. The van der Waals surface area contributed by atoms with Crippen molar-refractivity contribution >= 4 is 27.5 Å². The van der Waals surface area contributed by atoms with Crippen LogP contribution in [0.3, 0.4) is 0 Å². The Balaban J connectivity index is 1.58. The molecule has 260 valence electrons. The van der Waals surface area contributed by atoms with Gasteiger partial charge in [-0.25, -0.2) is 9.97 Å². The zero-order valence-electron chi connectivity index (χ0n) is 28.8. The molecule has 0 amide bonds. The lowest BCUT2D eigenvalue weighted by molar-refractivity contribution is -0.0142. The number of hydrogen-bond donors (Lipinski definition) is 0. The van der Waals surface area contributed by atoms with Crippen molar-refractivity contribution in [2.75, 3.05) is 0 Å². The maximum Gasteiger partial charge on any atom is 0.229 e. The van der Waals surface area contributed by atoms with E-state index in [9.17, 15) is 0 Å². The van der Waals surface area contributed by atoms with Crippen molar-refractivity contribution in [3.05, 3.63) is 207 Å². The molecule has 5 aromatic heterocycles. The molecule has 2 aromatic carbocycles. The van der Waals surface area contributed by atoms with Crippen molar-refractivity contribution in [2.45, 2.75) is 16.7 Å². The van der Waals surface area contributed by atoms with Gasteiger partial charge in [0.1, 0.15) is 28.2 Å². The summed E-state index contributed by atoms with van der Waals surface area (Å²) in [5.41, 5.74) is -0.744. The Hall–Kier alpha value is -7.47. The smallest absolute Gasteiger partial charge is 0.229 e. The predicted molar refractivity (Wildman–Crippen MR) is 201 cm³/mol. The van der Waals surface area contributed by atoms with Crippen LogP contribution in [0.2, 0.25) is 0 Å². The number of nitrogens with zero attached hydrogens (tertiary/aromatic N) is 10. The first kappa shape index (κ1) is 32.4. The molecule has 7 aromatic rings. The van der Waals surface area contributed by atoms with E-state index < -0.39 is 16.7 Å². The van der Waals surface area contributed by atoms with Gasteiger partial charge in [-0.15, -0.1) is 16.8 Å². The number of ether oxygens (including phenoxy) is 1. The Morgan fingerprint density at radius 2 is 1.56 bits per heavy atom. The number of hydrogen-bond acceptors (Lipinski definition) is 12. The highest BCUT2D eigenvalue weighted by atomic mass is 16.5. The van der Waals surface area contributed by atoms with Gasteiger partial charge in [-0.3, -0.25) is 9.97 Å². The Bertz CT molecular complexity index is 2600. The van der Waals surface area contributed by atoms with Crippen LogP contribution in [0.15, 0.2) is 177 Å². The monoisotopic (exact) mass is 706 g/mol. The highest BCUT2D eigenvalue weighted by Crippen LogP contribution is 2.69. The molecule has 1 saturated heterocycles. The number of benzene rings is 2. The Morgan fingerprint density at radius 3 is 2.26 bits per heavy atom. The zero-order chi connectivity index (χ0) is 36.8. The molecule has 9 rings (SSSR count). The van der Waals surface area contributed by atoms with Crippen LogP contribution < -0.4 is 0 Å². The molecule has 2 aliphatic rings. The SMILES string of the molecule is C=CN1C(C=C)(c2cccc3ccccc23)OC2=C(c3ccnnn3)C(c3ncccn3)=C(c3cccnn3)C(c3cnccn3)(c3ccco3)C21C=C. The molecule has 3 unspecified atom stereocenters. The van der Waals surface area contributed by atoms with Gasteiger partial charge in [-0.05, 0) is 64.7 Å². The van der Waals surface area contributed by atoms with Gasteiger partial charge in [0.2, 0.25) is 5.72 Å². The van der Waals surface area contributed by atoms with Crippen molar-refractivity contribution in [3.63, 3.8) is 0 Å². The van der Waals surface area contributed by atoms with Crippen LogP contribution in [0.4, 0.5) is 0 Å². The van der Waals surface area contributed by atoms with E-state index in [1.54, 1.807) is 74.0 Å². The minimum atomic E-state index is -1.53. The summed E-state index contributed by atoms with van der Waals surface area (Å²) in [5.74, 6) is 1.19. The largest absolute Gasteiger partial charge is 0.468 e. The van der Waals surface area contributed by atoms with Gasteiger partial charge in [0.05, 0.1) is 29.4 Å². The van der Waals surface area contributed by atoms with Crippen molar-refractivity contribution < 1.29 is 9.15 Å². The summed E-state index contributed by atoms with van der Waals surface area (Å²) < 4.78 is 14.2. The molecular weight excluding hydrogens is 677 g/mol. The van der Waals surface area contributed by atoms with Gasteiger partial charge in [-0.2, -0.15) is 10.2 Å². The van der Waals surface area contributed by atoms with Crippen LogP contribution in [-0.2, 0) is 15.9 Å². The summed E-state index contributed by atoms with van der Waals surface area (Å²) in [6.45, 7) is 13.5.